The van der Waals surface area contributed by atoms with Crippen molar-refractivity contribution in [2.45, 2.75) is 13.0 Å². The van der Waals surface area contributed by atoms with Crippen LogP contribution in [0.15, 0.2) is 64.6 Å². The number of hydrogen-bond acceptors (Lipinski definition) is 2. The largest absolute Gasteiger partial charge is 0.345 e. The van der Waals surface area contributed by atoms with Gasteiger partial charge in [0.25, 0.3) is 5.91 Å². The molecule has 1 atom stereocenters. The van der Waals surface area contributed by atoms with Gasteiger partial charge >= 0.3 is 0 Å². The summed E-state index contributed by atoms with van der Waals surface area (Å²) >= 11 is 3.40. The van der Waals surface area contributed by atoms with E-state index in [0.29, 0.717) is 0 Å². The quantitative estimate of drug-likeness (QED) is 0.659. The van der Waals surface area contributed by atoms with Crippen LogP contribution in [0.2, 0.25) is 0 Å². The summed E-state index contributed by atoms with van der Waals surface area (Å²) in [6.45, 7) is 1.89. The fraction of sp³-hybridized carbons (Fsp3) is 0.111. The predicted octanol–water partition coefficient (Wildman–Crippen LogP) is 4.23. The molecular weight excluding hydrogens is 340 g/mol. The number of nitrogens with one attached hydrogen (secondary N) is 1. The van der Waals surface area contributed by atoms with Crippen molar-refractivity contribution in [1.82, 2.24) is 5.32 Å². The van der Waals surface area contributed by atoms with Crippen LogP contribution in [-0.2, 0) is 4.79 Å². The molecule has 1 unspecified atom stereocenters. The van der Waals surface area contributed by atoms with Gasteiger partial charge in [0.05, 0.1) is 6.04 Å². The molecule has 0 heterocycles. The van der Waals surface area contributed by atoms with Crippen molar-refractivity contribution in [3.8, 4) is 6.07 Å². The number of nitrogens with zero attached hydrogens (tertiary/aromatic N) is 1. The van der Waals surface area contributed by atoms with Crippen molar-refractivity contribution in [2.24, 2.45) is 0 Å². The van der Waals surface area contributed by atoms with Crippen molar-refractivity contribution >= 4 is 27.9 Å². The van der Waals surface area contributed by atoms with Gasteiger partial charge in [-0.2, -0.15) is 5.26 Å². The molecule has 0 saturated carbocycles. The normalized spacial score (nSPS) is 12.3. The van der Waals surface area contributed by atoms with E-state index in [0.717, 1.165) is 15.6 Å². The van der Waals surface area contributed by atoms with E-state index in [4.69, 9.17) is 0 Å². The molecule has 3 nitrogen and oxygen atoms in total. The lowest BCUT2D eigenvalue weighted by Crippen LogP contribution is -2.27. The van der Waals surface area contributed by atoms with E-state index in [1.54, 1.807) is 6.08 Å². The second-order valence-corrected chi connectivity index (χ2v) is 5.65. The van der Waals surface area contributed by atoms with E-state index in [1.807, 2.05) is 67.6 Å². The van der Waals surface area contributed by atoms with Crippen LogP contribution in [-0.4, -0.2) is 5.91 Å². The first-order valence-corrected chi connectivity index (χ1v) is 7.63. The minimum absolute atomic E-state index is 0.0784. The molecule has 2 aromatic carbocycles. The minimum atomic E-state index is -0.380. The maximum absolute atomic E-state index is 12.3. The molecule has 1 N–H and O–H groups in total. The summed E-state index contributed by atoms with van der Waals surface area (Å²) in [4.78, 5) is 12.3. The molecule has 2 aromatic rings. The zero-order valence-electron chi connectivity index (χ0n) is 12.1. The Morgan fingerprint density at radius 1 is 1.18 bits per heavy atom. The predicted molar refractivity (Wildman–Crippen MR) is 90.7 cm³/mol. The fourth-order valence-corrected chi connectivity index (χ4v) is 2.39. The molecule has 1 amide bonds. The number of nitriles is 1. The van der Waals surface area contributed by atoms with Gasteiger partial charge in [0.2, 0.25) is 0 Å². The van der Waals surface area contributed by atoms with Crippen molar-refractivity contribution in [3.05, 3.63) is 75.8 Å². The van der Waals surface area contributed by atoms with Crippen molar-refractivity contribution in [2.75, 3.05) is 0 Å². The van der Waals surface area contributed by atoms with Crippen LogP contribution in [0.1, 0.15) is 24.1 Å². The Morgan fingerprint density at radius 3 is 2.45 bits per heavy atom. The molecule has 2 rings (SSSR count). The summed E-state index contributed by atoms with van der Waals surface area (Å²) in [6, 6.07) is 18.9. The summed E-state index contributed by atoms with van der Waals surface area (Å²) < 4.78 is 0.839. The highest BCUT2D eigenvalue weighted by molar-refractivity contribution is 9.10. The monoisotopic (exact) mass is 354 g/mol. The molecule has 0 aliphatic rings. The molecular formula is C18H15BrN2O. The van der Waals surface area contributed by atoms with Crippen LogP contribution in [0.3, 0.4) is 0 Å². The summed E-state index contributed by atoms with van der Waals surface area (Å²) in [7, 11) is 0. The Hall–Kier alpha value is -2.38. The second-order valence-electron chi connectivity index (χ2n) is 4.80. The standard InChI is InChI=1S/C18H15BrN2O/c1-13(14-7-3-2-4-8-14)21-18(22)16(12-20)11-15-9-5-6-10-17(15)19/h2-11,13H,1H3,(H,21,22)/b16-11+. The molecule has 0 bridgehead atoms. The van der Waals surface area contributed by atoms with Crippen LogP contribution in [0.4, 0.5) is 0 Å². The van der Waals surface area contributed by atoms with Crippen molar-refractivity contribution in [3.63, 3.8) is 0 Å². The van der Waals surface area contributed by atoms with Crippen molar-refractivity contribution in [1.29, 1.82) is 5.26 Å². The molecule has 4 heteroatoms. The van der Waals surface area contributed by atoms with E-state index in [2.05, 4.69) is 21.2 Å². The topological polar surface area (TPSA) is 52.9 Å². The molecule has 0 saturated heterocycles. The lowest BCUT2D eigenvalue weighted by atomic mass is 10.1. The van der Waals surface area contributed by atoms with E-state index in [1.165, 1.54) is 0 Å². The molecule has 0 fully saturated rings. The van der Waals surface area contributed by atoms with Crippen LogP contribution < -0.4 is 5.32 Å². The highest BCUT2D eigenvalue weighted by atomic mass is 79.9. The number of hydrogen-bond donors (Lipinski definition) is 1. The zero-order valence-corrected chi connectivity index (χ0v) is 13.7. The Bertz CT molecular complexity index is 732. The molecule has 0 aliphatic carbocycles. The first-order chi connectivity index (χ1) is 10.6. The second kappa shape index (κ2) is 7.58. The van der Waals surface area contributed by atoms with E-state index in [-0.39, 0.29) is 17.5 Å². The Labute approximate surface area is 138 Å². The van der Waals surface area contributed by atoms with Crippen LogP contribution in [0.5, 0.6) is 0 Å². The van der Waals surface area contributed by atoms with Gasteiger partial charge in [-0.25, -0.2) is 0 Å². The molecule has 0 radical (unpaired) electrons. The molecule has 22 heavy (non-hydrogen) atoms. The third-order valence-corrected chi connectivity index (χ3v) is 3.94. The Balaban J connectivity index is 2.17. The Kier molecular flexibility index (Phi) is 5.51. The van der Waals surface area contributed by atoms with E-state index in [9.17, 15) is 10.1 Å². The van der Waals surface area contributed by atoms with Gasteiger partial charge in [-0.15, -0.1) is 0 Å². The lowest BCUT2D eigenvalue weighted by molar-refractivity contribution is -0.117. The number of carbonyl (C=O) groups excluding carboxylic acids is 1. The van der Waals surface area contributed by atoms with Crippen LogP contribution in [0, 0.1) is 11.3 Å². The zero-order chi connectivity index (χ0) is 15.9. The van der Waals surface area contributed by atoms with Gasteiger partial charge in [0.15, 0.2) is 0 Å². The third kappa shape index (κ3) is 4.06. The average Bonchev–Trinajstić information content (AvgIpc) is 2.54. The van der Waals surface area contributed by atoms with Crippen LogP contribution >= 0.6 is 15.9 Å². The fourth-order valence-electron chi connectivity index (χ4n) is 2.00. The highest BCUT2D eigenvalue weighted by Crippen LogP contribution is 2.19. The maximum Gasteiger partial charge on any atom is 0.262 e. The van der Waals surface area contributed by atoms with Gasteiger partial charge in [-0.05, 0) is 30.2 Å². The molecule has 0 aliphatic heterocycles. The summed E-state index contributed by atoms with van der Waals surface area (Å²) in [5.41, 5.74) is 1.87. The molecule has 110 valence electrons. The average molecular weight is 355 g/mol. The SMILES string of the molecule is CC(NC(=O)/C(C#N)=C/c1ccccc1Br)c1ccccc1. The maximum atomic E-state index is 12.3. The molecule has 0 aromatic heterocycles. The third-order valence-electron chi connectivity index (χ3n) is 3.22. The number of benzene rings is 2. The smallest absolute Gasteiger partial charge is 0.262 e. The number of halogens is 1. The van der Waals surface area contributed by atoms with Gasteiger partial charge in [0, 0.05) is 4.47 Å². The number of carbonyl (C=O) groups is 1. The first-order valence-electron chi connectivity index (χ1n) is 6.84. The van der Waals surface area contributed by atoms with Gasteiger partial charge in [-0.1, -0.05) is 64.5 Å². The van der Waals surface area contributed by atoms with E-state index < -0.39 is 0 Å². The van der Waals surface area contributed by atoms with Crippen molar-refractivity contribution < 1.29 is 4.79 Å². The number of rotatable bonds is 4. The minimum Gasteiger partial charge on any atom is -0.345 e. The van der Waals surface area contributed by atoms with Gasteiger partial charge in [0.1, 0.15) is 11.6 Å². The summed E-state index contributed by atoms with van der Waals surface area (Å²) in [5, 5.41) is 12.1. The molecule has 0 spiro atoms. The highest BCUT2D eigenvalue weighted by Gasteiger charge is 2.14. The Morgan fingerprint density at radius 2 is 1.82 bits per heavy atom. The van der Waals surface area contributed by atoms with Gasteiger partial charge in [-0.3, -0.25) is 4.79 Å². The first kappa shape index (κ1) is 16.0. The van der Waals surface area contributed by atoms with E-state index >= 15 is 0 Å². The summed E-state index contributed by atoms with van der Waals surface area (Å²) in [5.74, 6) is -0.380. The lowest BCUT2D eigenvalue weighted by Gasteiger charge is -2.13. The summed E-state index contributed by atoms with van der Waals surface area (Å²) in [6.07, 6.45) is 1.58. The van der Waals surface area contributed by atoms with Gasteiger partial charge < -0.3 is 5.32 Å². The number of amides is 1. The van der Waals surface area contributed by atoms with Crippen LogP contribution in [0.25, 0.3) is 6.08 Å².